The number of amides is 1. The number of nitrogens with zero attached hydrogens (tertiary/aromatic N) is 1. The number of halogens is 1. The van der Waals surface area contributed by atoms with E-state index in [4.69, 9.17) is 21.4 Å². The summed E-state index contributed by atoms with van der Waals surface area (Å²) in [6.45, 7) is 4.91. The minimum Gasteiger partial charge on any atom is -0.481 e. The van der Waals surface area contributed by atoms with Gasteiger partial charge in [-0.25, -0.2) is 9.00 Å². The molecule has 1 atom stereocenters. The van der Waals surface area contributed by atoms with Gasteiger partial charge in [0, 0.05) is 5.02 Å². The van der Waals surface area contributed by atoms with Gasteiger partial charge in [-0.05, 0) is 38.5 Å². The summed E-state index contributed by atoms with van der Waals surface area (Å²) in [5.74, 6) is -2.25. The largest absolute Gasteiger partial charge is 0.481 e. The van der Waals surface area contributed by atoms with Gasteiger partial charge in [0.05, 0.1) is 15.5 Å². The third-order valence-corrected chi connectivity index (χ3v) is 4.46. The number of rotatable bonds is 4. The Hall–Kier alpha value is -1.60. The maximum absolute atomic E-state index is 12.7. The van der Waals surface area contributed by atoms with Crippen molar-refractivity contribution in [3.63, 3.8) is 0 Å². The molecule has 1 rings (SSSR count). The molecule has 0 fully saturated rings. The highest BCUT2D eigenvalue weighted by Gasteiger charge is 2.21. The molecule has 122 valence electrons. The number of hydrogen-bond donors (Lipinski definition) is 1. The fraction of sp³-hybridized carbons (Fsp3) is 0.429. The molecular formula is C14H18ClNO5S. The maximum atomic E-state index is 12.7. The first-order valence-corrected chi connectivity index (χ1v) is 8.64. The zero-order valence-corrected chi connectivity index (χ0v) is 14.1. The number of benzene rings is 1. The van der Waals surface area contributed by atoms with Crippen LogP contribution in [0.15, 0.2) is 28.6 Å². The van der Waals surface area contributed by atoms with Crippen molar-refractivity contribution in [3.8, 4) is 0 Å². The lowest BCUT2D eigenvalue weighted by molar-refractivity contribution is -0.134. The van der Waals surface area contributed by atoms with E-state index in [2.05, 4.69) is 4.36 Å². The van der Waals surface area contributed by atoms with E-state index in [1.54, 1.807) is 45.0 Å². The first-order chi connectivity index (χ1) is 9.99. The molecule has 6 nitrogen and oxygen atoms in total. The van der Waals surface area contributed by atoms with Gasteiger partial charge >= 0.3 is 12.1 Å². The molecule has 0 radical (unpaired) electrons. The van der Waals surface area contributed by atoms with E-state index in [-0.39, 0.29) is 5.75 Å². The average molecular weight is 348 g/mol. The van der Waals surface area contributed by atoms with Crippen molar-refractivity contribution >= 4 is 33.4 Å². The number of aliphatic carboxylic acids is 1. The summed E-state index contributed by atoms with van der Waals surface area (Å²) in [4.78, 5) is 22.6. The second kappa shape index (κ2) is 7.11. The molecule has 0 spiro atoms. The third kappa shape index (κ3) is 6.91. The predicted octanol–water partition coefficient (Wildman–Crippen LogP) is 3.33. The lowest BCUT2D eigenvalue weighted by Gasteiger charge is -2.18. The highest BCUT2D eigenvalue weighted by molar-refractivity contribution is 7.93. The monoisotopic (exact) mass is 347 g/mol. The first-order valence-electron chi connectivity index (χ1n) is 6.41. The van der Waals surface area contributed by atoms with Crippen LogP contribution in [0.25, 0.3) is 0 Å². The van der Waals surface area contributed by atoms with E-state index in [0.29, 0.717) is 10.6 Å². The van der Waals surface area contributed by atoms with Crippen LogP contribution >= 0.6 is 11.6 Å². The van der Waals surface area contributed by atoms with Gasteiger partial charge in [0.25, 0.3) is 0 Å². The molecule has 0 saturated heterocycles. The highest BCUT2D eigenvalue weighted by atomic mass is 35.5. The second-order valence-electron chi connectivity index (χ2n) is 5.66. The Bertz CT molecular complexity index is 687. The molecule has 0 saturated carbocycles. The number of hydrogen-bond acceptors (Lipinski definition) is 4. The van der Waals surface area contributed by atoms with Gasteiger partial charge in [0.15, 0.2) is 0 Å². The summed E-state index contributed by atoms with van der Waals surface area (Å²) >= 11 is 5.84. The van der Waals surface area contributed by atoms with E-state index in [1.165, 1.54) is 0 Å². The van der Waals surface area contributed by atoms with Gasteiger partial charge in [0.1, 0.15) is 11.4 Å². The van der Waals surface area contributed by atoms with Crippen LogP contribution in [0.1, 0.15) is 26.3 Å². The van der Waals surface area contributed by atoms with Gasteiger partial charge in [-0.1, -0.05) is 23.7 Å². The van der Waals surface area contributed by atoms with Crippen molar-refractivity contribution in [1.82, 2.24) is 0 Å². The molecule has 8 heteroatoms. The standard InChI is InChI=1S/C14H18ClNO5S/c1-14(2,3)21-13(19)16-22(20,9-12(17)18)8-10-5-4-6-11(15)7-10/h4-7H,8-9H2,1-3H3,(H,17,18). The molecule has 1 aromatic rings. The number of carbonyl (C=O) groups excluding carboxylic acids is 1. The molecule has 22 heavy (non-hydrogen) atoms. The molecule has 1 N–H and O–H groups in total. The van der Waals surface area contributed by atoms with Crippen LogP contribution in [-0.4, -0.2) is 32.7 Å². The number of ether oxygens (including phenoxy) is 1. The van der Waals surface area contributed by atoms with E-state index in [9.17, 15) is 13.8 Å². The van der Waals surface area contributed by atoms with Crippen LogP contribution in [0.4, 0.5) is 4.79 Å². The highest BCUT2D eigenvalue weighted by Crippen LogP contribution is 2.16. The van der Waals surface area contributed by atoms with E-state index in [1.807, 2.05) is 0 Å². The Balaban J connectivity index is 3.12. The van der Waals surface area contributed by atoms with Crippen LogP contribution < -0.4 is 0 Å². The van der Waals surface area contributed by atoms with Gasteiger partial charge in [0.2, 0.25) is 0 Å². The average Bonchev–Trinajstić information content (AvgIpc) is 2.23. The first kappa shape index (κ1) is 18.4. The zero-order chi connectivity index (χ0) is 17.0. The molecule has 1 unspecified atom stereocenters. The van der Waals surface area contributed by atoms with Crippen molar-refractivity contribution in [1.29, 1.82) is 0 Å². The molecular weight excluding hydrogens is 330 g/mol. The van der Waals surface area contributed by atoms with Crippen LogP contribution in [0.5, 0.6) is 0 Å². The van der Waals surface area contributed by atoms with Gasteiger partial charge in [-0.2, -0.15) is 0 Å². The zero-order valence-electron chi connectivity index (χ0n) is 12.5. The van der Waals surface area contributed by atoms with Crippen molar-refractivity contribution in [2.45, 2.75) is 32.1 Å². The summed E-state index contributed by atoms with van der Waals surface area (Å²) in [6.07, 6.45) is -1.04. The summed E-state index contributed by atoms with van der Waals surface area (Å²) < 4.78 is 21.2. The molecule has 0 aliphatic carbocycles. The molecule has 1 aromatic carbocycles. The number of carbonyl (C=O) groups is 2. The fourth-order valence-corrected chi connectivity index (χ4v) is 3.45. The molecule has 1 amide bonds. The normalized spacial score (nSPS) is 14.0. The van der Waals surface area contributed by atoms with E-state index < -0.39 is 33.1 Å². The summed E-state index contributed by atoms with van der Waals surface area (Å²) in [5, 5.41) is 9.33. The SMILES string of the molecule is CC(C)(C)OC(=O)N=S(=O)(CC(=O)O)Cc1cccc(Cl)c1. The number of carboxylic acid groups (broad SMARTS) is 1. The van der Waals surface area contributed by atoms with Crippen LogP contribution in [-0.2, 0) is 25.0 Å². The molecule has 0 aromatic heterocycles. The van der Waals surface area contributed by atoms with Gasteiger partial charge in [-0.3, -0.25) is 4.79 Å². The third-order valence-electron chi connectivity index (χ3n) is 2.26. The van der Waals surface area contributed by atoms with Crippen molar-refractivity contribution in [2.75, 3.05) is 5.75 Å². The molecule has 0 aliphatic rings. The quantitative estimate of drug-likeness (QED) is 0.901. The predicted molar refractivity (Wildman–Crippen MR) is 84.5 cm³/mol. The maximum Gasteiger partial charge on any atom is 0.442 e. The summed E-state index contributed by atoms with van der Waals surface area (Å²) in [7, 11) is -3.34. The van der Waals surface area contributed by atoms with Crippen LogP contribution in [0, 0.1) is 0 Å². The van der Waals surface area contributed by atoms with Crippen LogP contribution in [0.2, 0.25) is 5.02 Å². The minimum absolute atomic E-state index is 0.195. The Kier molecular flexibility index (Phi) is 5.96. The van der Waals surface area contributed by atoms with Gasteiger partial charge < -0.3 is 9.84 Å². The Morgan fingerprint density at radius 1 is 1.36 bits per heavy atom. The van der Waals surface area contributed by atoms with Crippen LogP contribution in [0.3, 0.4) is 0 Å². The van der Waals surface area contributed by atoms with E-state index >= 15 is 0 Å². The van der Waals surface area contributed by atoms with Crippen molar-refractivity contribution < 1.29 is 23.6 Å². The van der Waals surface area contributed by atoms with Gasteiger partial charge in [-0.15, -0.1) is 4.36 Å². The topological polar surface area (TPSA) is 93.0 Å². The molecule has 0 aliphatic heterocycles. The Morgan fingerprint density at radius 3 is 2.50 bits per heavy atom. The summed E-state index contributed by atoms with van der Waals surface area (Å²) in [6, 6.07) is 6.46. The smallest absolute Gasteiger partial charge is 0.442 e. The second-order valence-corrected chi connectivity index (χ2v) is 8.40. The fourth-order valence-electron chi connectivity index (χ4n) is 1.61. The van der Waals surface area contributed by atoms with E-state index in [0.717, 1.165) is 0 Å². The van der Waals surface area contributed by atoms with Crippen molar-refractivity contribution in [3.05, 3.63) is 34.9 Å². The minimum atomic E-state index is -3.34. The van der Waals surface area contributed by atoms with Crippen molar-refractivity contribution in [2.24, 2.45) is 4.36 Å². The summed E-state index contributed by atoms with van der Waals surface area (Å²) in [5.41, 5.74) is -0.272. The Morgan fingerprint density at radius 2 is 2.00 bits per heavy atom. The Labute approximate surface area is 134 Å². The molecule has 0 heterocycles. The lowest BCUT2D eigenvalue weighted by Crippen LogP contribution is -2.24. The number of carboxylic acids is 1. The molecule has 0 bridgehead atoms. The lowest BCUT2D eigenvalue weighted by atomic mass is 10.2.